The van der Waals surface area contributed by atoms with Gasteiger partial charge in [-0.15, -0.1) is 0 Å². The van der Waals surface area contributed by atoms with Crippen LogP contribution in [0, 0.1) is 0 Å². The first-order chi connectivity index (χ1) is 7.18. The molecule has 1 aliphatic carbocycles. The van der Waals surface area contributed by atoms with Gasteiger partial charge in [-0.25, -0.2) is 0 Å². The fourth-order valence-electron chi connectivity index (χ4n) is 1.60. The summed E-state index contributed by atoms with van der Waals surface area (Å²) in [7, 11) is 0. The Bertz CT molecular complexity index is 352. The van der Waals surface area contributed by atoms with Crippen molar-refractivity contribution in [1.29, 1.82) is 0 Å². The van der Waals surface area contributed by atoms with Gasteiger partial charge >= 0.3 is 0 Å². The third kappa shape index (κ3) is 2.39. The average molecular weight is 207 g/mol. The molecule has 1 unspecified atom stereocenters. The van der Waals surface area contributed by atoms with Crippen molar-refractivity contribution >= 4 is 5.91 Å². The zero-order valence-corrected chi connectivity index (χ0v) is 8.94. The van der Waals surface area contributed by atoms with Crippen molar-refractivity contribution in [2.24, 2.45) is 5.73 Å². The number of hydrogen-bond acceptors (Lipinski definition) is 2. The molecule has 0 spiro atoms. The van der Waals surface area contributed by atoms with Crippen LogP contribution in [0.2, 0.25) is 0 Å². The van der Waals surface area contributed by atoms with E-state index >= 15 is 0 Å². The van der Waals surface area contributed by atoms with Crippen molar-refractivity contribution < 1.29 is 4.79 Å². The van der Waals surface area contributed by atoms with Gasteiger partial charge in [-0.2, -0.15) is 0 Å². The normalized spacial score (nSPS) is 17.5. The van der Waals surface area contributed by atoms with E-state index in [2.05, 4.69) is 9.88 Å². The second-order valence-corrected chi connectivity index (χ2v) is 4.22. The number of aromatic nitrogens is 1. The van der Waals surface area contributed by atoms with Crippen LogP contribution in [-0.2, 0) is 0 Å². The van der Waals surface area contributed by atoms with Crippen LogP contribution >= 0.6 is 0 Å². The Labute approximate surface area is 89.5 Å². The van der Waals surface area contributed by atoms with E-state index in [-0.39, 0.29) is 11.9 Å². The van der Waals surface area contributed by atoms with Crippen molar-refractivity contribution in [1.82, 2.24) is 9.88 Å². The third-order valence-corrected chi connectivity index (χ3v) is 2.54. The Morgan fingerprint density at radius 1 is 1.73 bits per heavy atom. The number of rotatable bonds is 4. The van der Waals surface area contributed by atoms with Crippen LogP contribution in [0.3, 0.4) is 0 Å². The van der Waals surface area contributed by atoms with E-state index in [9.17, 15) is 4.79 Å². The Hall–Kier alpha value is -1.29. The summed E-state index contributed by atoms with van der Waals surface area (Å²) in [5.41, 5.74) is 6.33. The largest absolute Gasteiger partial charge is 0.349 e. The number of carbonyl (C=O) groups is 1. The molecule has 4 nitrogen and oxygen atoms in total. The van der Waals surface area contributed by atoms with Gasteiger partial charge < -0.3 is 15.6 Å². The molecule has 1 amide bonds. The lowest BCUT2D eigenvalue weighted by Gasteiger charge is -2.10. The highest BCUT2D eigenvalue weighted by Crippen LogP contribution is 2.35. The monoisotopic (exact) mass is 207 g/mol. The SMILES string of the molecule is CC(N)CNC(=O)c1cccn1C1CC1. The number of amides is 1. The minimum absolute atomic E-state index is 0.00159. The summed E-state index contributed by atoms with van der Waals surface area (Å²) < 4.78 is 2.05. The smallest absolute Gasteiger partial charge is 0.267 e. The first kappa shape index (κ1) is 10.2. The highest BCUT2D eigenvalue weighted by molar-refractivity contribution is 5.92. The van der Waals surface area contributed by atoms with Crippen molar-refractivity contribution in [3.05, 3.63) is 24.0 Å². The minimum atomic E-state index is -0.0239. The van der Waals surface area contributed by atoms with Gasteiger partial charge in [0, 0.05) is 24.8 Å². The van der Waals surface area contributed by atoms with Crippen LogP contribution in [0.15, 0.2) is 18.3 Å². The molecule has 0 aromatic carbocycles. The Balaban J connectivity index is 2.01. The van der Waals surface area contributed by atoms with Crippen LogP contribution < -0.4 is 11.1 Å². The third-order valence-electron chi connectivity index (χ3n) is 2.54. The van der Waals surface area contributed by atoms with E-state index in [1.165, 1.54) is 12.8 Å². The van der Waals surface area contributed by atoms with Crippen molar-refractivity contribution in [2.75, 3.05) is 6.54 Å². The van der Waals surface area contributed by atoms with E-state index < -0.39 is 0 Å². The lowest BCUT2D eigenvalue weighted by Crippen LogP contribution is -2.35. The van der Waals surface area contributed by atoms with Crippen LogP contribution in [-0.4, -0.2) is 23.1 Å². The summed E-state index contributed by atoms with van der Waals surface area (Å²) in [6, 6.07) is 4.31. The van der Waals surface area contributed by atoms with Gasteiger partial charge in [0.15, 0.2) is 0 Å². The fraction of sp³-hybridized carbons (Fsp3) is 0.545. The Kier molecular flexibility index (Phi) is 2.77. The molecule has 3 N–H and O–H groups in total. The summed E-state index contributed by atoms with van der Waals surface area (Å²) >= 11 is 0. The van der Waals surface area contributed by atoms with Gasteiger partial charge in [0.25, 0.3) is 5.91 Å². The topological polar surface area (TPSA) is 60.0 Å². The van der Waals surface area contributed by atoms with Gasteiger partial charge in [-0.3, -0.25) is 4.79 Å². The number of hydrogen-bond donors (Lipinski definition) is 2. The maximum absolute atomic E-state index is 11.8. The molecule has 0 radical (unpaired) electrons. The molecule has 1 fully saturated rings. The lowest BCUT2D eigenvalue weighted by molar-refractivity contribution is 0.0942. The maximum Gasteiger partial charge on any atom is 0.267 e. The summed E-state index contributed by atoms with van der Waals surface area (Å²) in [6.07, 6.45) is 4.34. The lowest BCUT2D eigenvalue weighted by atomic mass is 10.3. The maximum atomic E-state index is 11.8. The summed E-state index contributed by atoms with van der Waals surface area (Å²) in [5, 5.41) is 2.82. The minimum Gasteiger partial charge on any atom is -0.349 e. The molecular weight excluding hydrogens is 190 g/mol. The van der Waals surface area contributed by atoms with Crippen LogP contribution in [0.25, 0.3) is 0 Å². The number of nitrogens with two attached hydrogens (primary N) is 1. The molecule has 1 heterocycles. The molecule has 1 aromatic heterocycles. The van der Waals surface area contributed by atoms with Crippen LogP contribution in [0.4, 0.5) is 0 Å². The second-order valence-electron chi connectivity index (χ2n) is 4.22. The Morgan fingerprint density at radius 3 is 3.07 bits per heavy atom. The van der Waals surface area contributed by atoms with Crippen molar-refractivity contribution in [2.45, 2.75) is 31.8 Å². The van der Waals surface area contributed by atoms with E-state index in [4.69, 9.17) is 5.73 Å². The van der Waals surface area contributed by atoms with Crippen molar-refractivity contribution in [3.63, 3.8) is 0 Å². The van der Waals surface area contributed by atoms with Gasteiger partial charge in [0.1, 0.15) is 5.69 Å². The van der Waals surface area contributed by atoms with Crippen LogP contribution in [0.1, 0.15) is 36.3 Å². The molecule has 2 rings (SSSR count). The quantitative estimate of drug-likeness (QED) is 0.770. The average Bonchev–Trinajstić information content (AvgIpc) is 2.93. The number of nitrogens with one attached hydrogen (secondary N) is 1. The zero-order chi connectivity index (χ0) is 10.8. The zero-order valence-electron chi connectivity index (χ0n) is 8.94. The Morgan fingerprint density at radius 2 is 2.47 bits per heavy atom. The first-order valence-electron chi connectivity index (χ1n) is 5.39. The standard InChI is InChI=1S/C11H17N3O/c1-8(12)7-13-11(15)10-3-2-6-14(10)9-4-5-9/h2-3,6,8-9H,4-5,7,12H2,1H3,(H,13,15). The molecule has 0 saturated heterocycles. The van der Waals surface area contributed by atoms with Crippen molar-refractivity contribution in [3.8, 4) is 0 Å². The molecule has 0 bridgehead atoms. The molecular formula is C11H17N3O. The highest BCUT2D eigenvalue weighted by atomic mass is 16.1. The molecule has 82 valence electrons. The summed E-state index contributed by atoms with van der Waals surface area (Å²) in [6.45, 7) is 2.40. The van der Waals surface area contributed by atoms with E-state index in [0.717, 1.165) is 5.69 Å². The van der Waals surface area contributed by atoms with Gasteiger partial charge in [-0.1, -0.05) is 0 Å². The first-order valence-corrected chi connectivity index (χ1v) is 5.39. The van der Waals surface area contributed by atoms with Gasteiger partial charge in [-0.05, 0) is 31.9 Å². The van der Waals surface area contributed by atoms with E-state index in [1.54, 1.807) is 0 Å². The molecule has 4 heteroatoms. The molecule has 15 heavy (non-hydrogen) atoms. The van der Waals surface area contributed by atoms with Gasteiger partial charge in [0.05, 0.1) is 0 Å². The summed E-state index contributed by atoms with van der Waals surface area (Å²) in [4.78, 5) is 11.8. The summed E-state index contributed by atoms with van der Waals surface area (Å²) in [5.74, 6) is -0.0239. The van der Waals surface area contributed by atoms with E-state index in [1.807, 2.05) is 25.3 Å². The number of carbonyl (C=O) groups excluding carboxylic acids is 1. The predicted octanol–water partition coefficient (Wildman–Crippen LogP) is 0.900. The van der Waals surface area contributed by atoms with Gasteiger partial charge in [0.2, 0.25) is 0 Å². The molecule has 1 aromatic rings. The fourth-order valence-corrected chi connectivity index (χ4v) is 1.60. The second kappa shape index (κ2) is 4.06. The molecule has 1 atom stereocenters. The molecule has 1 saturated carbocycles. The molecule has 1 aliphatic rings. The van der Waals surface area contributed by atoms with E-state index in [0.29, 0.717) is 12.6 Å². The highest BCUT2D eigenvalue weighted by Gasteiger charge is 2.26. The predicted molar refractivity (Wildman–Crippen MR) is 58.7 cm³/mol. The number of nitrogens with zero attached hydrogens (tertiary/aromatic N) is 1. The molecule has 0 aliphatic heterocycles. The van der Waals surface area contributed by atoms with Crippen LogP contribution in [0.5, 0.6) is 0 Å².